The van der Waals surface area contributed by atoms with Crippen molar-refractivity contribution in [3.8, 4) is 0 Å². The third kappa shape index (κ3) is 6.21. The SMILES string of the molecule is CCCCCN(Cc1cccn1Cc1ccc(F)cc1)C(=O)Nc1ccccc1. The lowest BCUT2D eigenvalue weighted by Crippen LogP contribution is -2.36. The van der Waals surface area contributed by atoms with Gasteiger partial charge in [-0.25, -0.2) is 9.18 Å². The predicted octanol–water partition coefficient (Wildman–Crippen LogP) is 5.90. The van der Waals surface area contributed by atoms with Gasteiger partial charge in [0.1, 0.15) is 5.82 Å². The van der Waals surface area contributed by atoms with Gasteiger partial charge in [-0.3, -0.25) is 0 Å². The lowest BCUT2D eigenvalue weighted by molar-refractivity contribution is 0.206. The van der Waals surface area contributed by atoms with E-state index in [-0.39, 0.29) is 11.8 Å². The fourth-order valence-corrected chi connectivity index (χ4v) is 3.26. The molecule has 0 radical (unpaired) electrons. The van der Waals surface area contributed by atoms with E-state index in [1.165, 1.54) is 12.1 Å². The molecule has 1 heterocycles. The van der Waals surface area contributed by atoms with Crippen molar-refractivity contribution in [2.45, 2.75) is 39.3 Å². The van der Waals surface area contributed by atoms with Crippen molar-refractivity contribution in [3.63, 3.8) is 0 Å². The van der Waals surface area contributed by atoms with Crippen molar-refractivity contribution in [1.82, 2.24) is 9.47 Å². The highest BCUT2D eigenvalue weighted by Gasteiger charge is 2.16. The van der Waals surface area contributed by atoms with E-state index in [2.05, 4.69) is 16.8 Å². The van der Waals surface area contributed by atoms with Crippen LogP contribution in [0.25, 0.3) is 0 Å². The number of urea groups is 1. The molecule has 4 nitrogen and oxygen atoms in total. The van der Waals surface area contributed by atoms with Crippen molar-refractivity contribution in [3.05, 3.63) is 90.0 Å². The molecule has 0 aliphatic rings. The molecule has 3 aromatic rings. The second-order valence-electron chi connectivity index (χ2n) is 7.18. The van der Waals surface area contributed by atoms with Crippen LogP contribution in [-0.4, -0.2) is 22.0 Å². The summed E-state index contributed by atoms with van der Waals surface area (Å²) in [7, 11) is 0. The fraction of sp³-hybridized carbons (Fsp3) is 0.292. The normalized spacial score (nSPS) is 10.7. The number of rotatable bonds is 9. The number of halogens is 1. The molecule has 0 saturated heterocycles. The molecule has 152 valence electrons. The monoisotopic (exact) mass is 393 g/mol. The number of amides is 2. The largest absolute Gasteiger partial charge is 0.345 e. The molecule has 2 amide bonds. The van der Waals surface area contributed by atoms with Gasteiger partial charge in [0, 0.05) is 30.7 Å². The maximum Gasteiger partial charge on any atom is 0.322 e. The molecule has 0 atom stereocenters. The molecule has 29 heavy (non-hydrogen) atoms. The Morgan fingerprint density at radius 2 is 1.76 bits per heavy atom. The number of carbonyl (C=O) groups excluding carboxylic acids is 1. The van der Waals surface area contributed by atoms with E-state index in [0.29, 0.717) is 19.6 Å². The molecule has 3 rings (SSSR count). The summed E-state index contributed by atoms with van der Waals surface area (Å²) >= 11 is 0. The third-order valence-electron chi connectivity index (χ3n) is 4.89. The van der Waals surface area contributed by atoms with Crippen molar-refractivity contribution >= 4 is 11.7 Å². The lowest BCUT2D eigenvalue weighted by Gasteiger charge is -2.24. The molecule has 2 aromatic carbocycles. The summed E-state index contributed by atoms with van der Waals surface area (Å²) in [5.74, 6) is -0.235. The number of carbonyl (C=O) groups is 1. The van der Waals surface area contributed by atoms with Gasteiger partial charge in [-0.15, -0.1) is 0 Å². The van der Waals surface area contributed by atoms with Crippen LogP contribution >= 0.6 is 0 Å². The van der Waals surface area contributed by atoms with E-state index < -0.39 is 0 Å². The van der Waals surface area contributed by atoms with Crippen LogP contribution in [0.5, 0.6) is 0 Å². The van der Waals surface area contributed by atoms with Crippen LogP contribution in [0.15, 0.2) is 72.9 Å². The Morgan fingerprint density at radius 1 is 1.00 bits per heavy atom. The van der Waals surface area contributed by atoms with Crippen molar-refractivity contribution in [1.29, 1.82) is 0 Å². The number of nitrogens with one attached hydrogen (secondary N) is 1. The summed E-state index contributed by atoms with van der Waals surface area (Å²) in [4.78, 5) is 14.8. The molecule has 0 aliphatic heterocycles. The first-order chi connectivity index (χ1) is 14.2. The van der Waals surface area contributed by atoms with E-state index >= 15 is 0 Å². The Labute approximate surface area is 172 Å². The highest BCUT2D eigenvalue weighted by atomic mass is 19.1. The zero-order valence-corrected chi connectivity index (χ0v) is 16.9. The van der Waals surface area contributed by atoms with Gasteiger partial charge in [0.25, 0.3) is 0 Å². The molecule has 0 fully saturated rings. The lowest BCUT2D eigenvalue weighted by atomic mass is 10.2. The van der Waals surface area contributed by atoms with Crippen LogP contribution in [-0.2, 0) is 13.1 Å². The van der Waals surface area contributed by atoms with E-state index in [1.807, 2.05) is 53.6 Å². The number of anilines is 1. The predicted molar refractivity (Wildman–Crippen MR) is 115 cm³/mol. The summed E-state index contributed by atoms with van der Waals surface area (Å²) in [6.45, 7) is 4.03. The summed E-state index contributed by atoms with van der Waals surface area (Å²) in [5, 5.41) is 2.99. The number of aromatic nitrogens is 1. The first-order valence-electron chi connectivity index (χ1n) is 10.1. The van der Waals surface area contributed by atoms with Crippen LogP contribution in [0.1, 0.15) is 37.4 Å². The van der Waals surface area contributed by atoms with Crippen LogP contribution in [0, 0.1) is 5.82 Å². The minimum absolute atomic E-state index is 0.0955. The molecule has 1 aromatic heterocycles. The van der Waals surface area contributed by atoms with Crippen molar-refractivity contribution in [2.24, 2.45) is 0 Å². The molecule has 0 bridgehead atoms. The first-order valence-corrected chi connectivity index (χ1v) is 10.1. The van der Waals surface area contributed by atoms with Crippen LogP contribution < -0.4 is 5.32 Å². The maximum atomic E-state index is 13.2. The Balaban J connectivity index is 1.71. The van der Waals surface area contributed by atoms with Gasteiger partial charge >= 0.3 is 6.03 Å². The summed E-state index contributed by atoms with van der Waals surface area (Å²) < 4.78 is 15.3. The van der Waals surface area contributed by atoms with Gasteiger partial charge in [-0.1, -0.05) is 50.1 Å². The minimum atomic E-state index is -0.235. The topological polar surface area (TPSA) is 37.3 Å². The zero-order valence-electron chi connectivity index (χ0n) is 16.9. The second-order valence-corrected chi connectivity index (χ2v) is 7.18. The summed E-state index contributed by atoms with van der Waals surface area (Å²) in [6.07, 6.45) is 5.16. The van der Waals surface area contributed by atoms with Gasteiger partial charge in [-0.2, -0.15) is 0 Å². The van der Waals surface area contributed by atoms with E-state index in [9.17, 15) is 9.18 Å². The van der Waals surface area contributed by atoms with Gasteiger partial charge < -0.3 is 14.8 Å². The van der Waals surface area contributed by atoms with Crippen molar-refractivity contribution in [2.75, 3.05) is 11.9 Å². The smallest absolute Gasteiger partial charge is 0.322 e. The van der Waals surface area contributed by atoms with E-state index in [4.69, 9.17) is 0 Å². The molecule has 1 N–H and O–H groups in total. The van der Waals surface area contributed by atoms with E-state index in [1.54, 1.807) is 12.1 Å². The van der Waals surface area contributed by atoms with Gasteiger partial charge in [0.05, 0.1) is 6.54 Å². The van der Waals surface area contributed by atoms with E-state index in [0.717, 1.165) is 36.2 Å². The Bertz CT molecular complexity index is 890. The maximum absolute atomic E-state index is 13.2. The van der Waals surface area contributed by atoms with Crippen molar-refractivity contribution < 1.29 is 9.18 Å². The molecule has 5 heteroatoms. The van der Waals surface area contributed by atoms with Crippen LogP contribution in [0.2, 0.25) is 0 Å². The third-order valence-corrected chi connectivity index (χ3v) is 4.89. The standard InChI is InChI=1S/C24H28FN3O/c1-2-3-7-16-28(24(29)26-22-9-5-4-6-10-22)19-23-11-8-17-27(23)18-20-12-14-21(25)15-13-20/h4-6,8-15,17H,2-3,7,16,18-19H2,1H3,(H,26,29). The zero-order chi connectivity index (χ0) is 20.5. The number of nitrogens with zero attached hydrogens (tertiary/aromatic N) is 2. The van der Waals surface area contributed by atoms with Gasteiger partial charge in [0.2, 0.25) is 0 Å². The van der Waals surface area contributed by atoms with Gasteiger partial charge in [-0.05, 0) is 48.4 Å². The summed E-state index contributed by atoms with van der Waals surface area (Å²) in [6, 6.07) is 20.0. The molecule has 0 saturated carbocycles. The fourth-order valence-electron chi connectivity index (χ4n) is 3.26. The highest BCUT2D eigenvalue weighted by Crippen LogP contribution is 2.14. The quantitative estimate of drug-likeness (QED) is 0.452. The molecule has 0 aliphatic carbocycles. The Morgan fingerprint density at radius 3 is 2.48 bits per heavy atom. The molecular formula is C24H28FN3O. The number of hydrogen-bond donors (Lipinski definition) is 1. The number of benzene rings is 2. The summed E-state index contributed by atoms with van der Waals surface area (Å²) in [5.41, 5.74) is 2.86. The van der Waals surface area contributed by atoms with Gasteiger partial charge in [0.15, 0.2) is 0 Å². The average Bonchev–Trinajstić information content (AvgIpc) is 3.16. The Kier molecular flexibility index (Phi) is 7.45. The molecular weight excluding hydrogens is 365 g/mol. The number of hydrogen-bond acceptors (Lipinski definition) is 1. The first kappa shape index (κ1) is 20.6. The van der Waals surface area contributed by atoms with Crippen LogP contribution in [0.3, 0.4) is 0 Å². The molecule has 0 unspecified atom stereocenters. The second kappa shape index (κ2) is 10.5. The number of unbranched alkanes of at least 4 members (excludes halogenated alkanes) is 2. The minimum Gasteiger partial charge on any atom is -0.345 e. The van der Waals surface area contributed by atoms with Crippen LogP contribution in [0.4, 0.5) is 14.9 Å². The average molecular weight is 394 g/mol. The Hall–Kier alpha value is -3.08. The highest BCUT2D eigenvalue weighted by molar-refractivity contribution is 5.89. The number of para-hydroxylation sites is 1. The molecule has 0 spiro atoms.